The second-order valence-electron chi connectivity index (χ2n) is 9.22. The lowest BCUT2D eigenvalue weighted by atomic mass is 10.0. The molecule has 40 heavy (non-hydrogen) atoms. The van der Waals surface area contributed by atoms with Gasteiger partial charge in [0.15, 0.2) is 16.5 Å². The van der Waals surface area contributed by atoms with Crippen LogP contribution in [0.5, 0.6) is 5.88 Å². The number of hydrogen-bond acceptors (Lipinski definition) is 7. The van der Waals surface area contributed by atoms with Gasteiger partial charge in [0.2, 0.25) is 5.88 Å². The molecule has 0 unspecified atom stereocenters. The van der Waals surface area contributed by atoms with E-state index in [2.05, 4.69) is 25.4 Å². The average molecular weight is 595 g/mol. The summed E-state index contributed by atoms with van der Waals surface area (Å²) in [5.41, 5.74) is -2.02. The van der Waals surface area contributed by atoms with Gasteiger partial charge in [-0.05, 0) is 38.2 Å². The number of H-pyrrole nitrogens is 1. The van der Waals surface area contributed by atoms with Crippen molar-refractivity contribution >= 4 is 44.1 Å². The number of likely N-dealkylation sites (N-methyl/N-ethyl adjacent to an activating group) is 1. The number of carbonyl (C=O) groups excluding carboxylic acids is 1. The minimum Gasteiger partial charge on any atom is -0.480 e. The Balaban J connectivity index is 1.50. The second-order valence-corrected chi connectivity index (χ2v) is 11.3. The second kappa shape index (κ2) is 10.6. The Bertz CT molecular complexity index is 1750. The molecule has 1 fully saturated rings. The van der Waals surface area contributed by atoms with Crippen molar-refractivity contribution in [1.82, 2.24) is 25.4 Å². The van der Waals surface area contributed by atoms with E-state index in [0.717, 1.165) is 37.4 Å². The number of nitrogens with one attached hydrogen (secondary N) is 3. The molecule has 0 radical (unpaired) electrons. The van der Waals surface area contributed by atoms with Crippen LogP contribution in [-0.4, -0.2) is 67.7 Å². The number of sulfonamides is 1. The molecule has 0 saturated carbocycles. The number of anilines is 1. The Hall–Kier alpha value is -3.88. The largest absolute Gasteiger partial charge is 0.480 e. The molecule has 1 aliphatic rings. The molecule has 10 nitrogen and oxygen atoms in total. The van der Waals surface area contributed by atoms with Gasteiger partial charge in [0.05, 0.1) is 17.8 Å². The Morgan fingerprint density at radius 3 is 2.65 bits per heavy atom. The molecule has 5 rings (SSSR count). The maximum absolute atomic E-state index is 15.6. The van der Waals surface area contributed by atoms with E-state index in [1.54, 1.807) is 0 Å². The quantitative estimate of drug-likeness (QED) is 0.296. The van der Waals surface area contributed by atoms with Crippen LogP contribution in [0.1, 0.15) is 16.9 Å². The molecule has 1 saturated heterocycles. The van der Waals surface area contributed by atoms with Gasteiger partial charge >= 0.3 is 0 Å². The van der Waals surface area contributed by atoms with Crippen LogP contribution in [0.15, 0.2) is 41.4 Å². The van der Waals surface area contributed by atoms with E-state index >= 15 is 8.78 Å². The predicted molar refractivity (Wildman–Crippen MR) is 141 cm³/mol. The van der Waals surface area contributed by atoms with Gasteiger partial charge in [-0.3, -0.25) is 14.6 Å². The number of hydrogen-bond donors (Lipinski definition) is 3. The fourth-order valence-corrected chi connectivity index (χ4v) is 5.97. The van der Waals surface area contributed by atoms with E-state index in [1.807, 2.05) is 11.8 Å². The molecule has 3 N–H and O–H groups in total. The zero-order chi connectivity index (χ0) is 28.8. The molecule has 2 aromatic heterocycles. The first-order chi connectivity index (χ1) is 19.0. The molecular weight excluding hydrogens is 573 g/mol. The molecule has 1 atom stereocenters. The maximum Gasteiger partial charge on any atom is 0.270 e. The fourth-order valence-electron chi connectivity index (χ4n) is 4.55. The van der Waals surface area contributed by atoms with E-state index < -0.39 is 55.1 Å². The molecule has 4 aromatic rings. The van der Waals surface area contributed by atoms with Gasteiger partial charge in [-0.1, -0.05) is 17.7 Å². The average Bonchev–Trinajstić information content (AvgIpc) is 3.52. The number of ether oxygens (including phenoxy) is 1. The van der Waals surface area contributed by atoms with Gasteiger partial charge in [0.25, 0.3) is 15.9 Å². The molecule has 15 heteroatoms. The number of amides is 1. The smallest absolute Gasteiger partial charge is 0.270 e. The predicted octanol–water partition coefficient (Wildman–Crippen LogP) is 3.94. The number of pyridine rings is 1. The Kier molecular flexibility index (Phi) is 7.33. The van der Waals surface area contributed by atoms with E-state index in [1.165, 1.54) is 13.2 Å². The molecule has 2 aromatic carbocycles. The third kappa shape index (κ3) is 5.17. The number of methoxy groups -OCH3 is 1. The van der Waals surface area contributed by atoms with Gasteiger partial charge in [0.1, 0.15) is 17.0 Å². The number of rotatable bonds is 7. The summed E-state index contributed by atoms with van der Waals surface area (Å²) in [5, 5.41) is 9.37. The number of halogens is 4. The lowest BCUT2D eigenvalue weighted by molar-refractivity contribution is 0.0935. The highest BCUT2D eigenvalue weighted by molar-refractivity contribution is 7.92. The molecule has 210 valence electrons. The van der Waals surface area contributed by atoms with E-state index in [-0.39, 0.29) is 33.5 Å². The van der Waals surface area contributed by atoms with Crippen LogP contribution in [0.4, 0.5) is 18.9 Å². The van der Waals surface area contributed by atoms with Crippen molar-refractivity contribution in [3.8, 4) is 17.0 Å². The Morgan fingerprint density at radius 1 is 1.18 bits per heavy atom. The number of fused-ring (bicyclic) bond motifs is 1. The molecule has 0 spiro atoms. The highest BCUT2D eigenvalue weighted by atomic mass is 35.5. The van der Waals surface area contributed by atoms with Gasteiger partial charge in [-0.15, -0.1) is 0 Å². The van der Waals surface area contributed by atoms with Gasteiger partial charge < -0.3 is 15.0 Å². The van der Waals surface area contributed by atoms with Gasteiger partial charge in [0, 0.05) is 41.4 Å². The zero-order valence-corrected chi connectivity index (χ0v) is 22.6. The van der Waals surface area contributed by atoms with Crippen LogP contribution in [-0.2, 0) is 10.0 Å². The summed E-state index contributed by atoms with van der Waals surface area (Å²) in [6, 6.07) is 4.78. The lowest BCUT2D eigenvalue weighted by Crippen LogP contribution is -2.36. The first-order valence-electron chi connectivity index (χ1n) is 11.9. The minimum absolute atomic E-state index is 0.0206. The highest BCUT2D eigenvalue weighted by Gasteiger charge is 2.27. The normalized spacial score (nSPS) is 15.9. The summed E-state index contributed by atoms with van der Waals surface area (Å²) in [4.78, 5) is 18.1. The molecular formula is C25H22ClF3N6O4S. The van der Waals surface area contributed by atoms with Crippen molar-refractivity contribution in [2.45, 2.75) is 17.4 Å². The first kappa shape index (κ1) is 27.7. The van der Waals surface area contributed by atoms with Gasteiger partial charge in [-0.2, -0.15) is 5.10 Å². The van der Waals surface area contributed by atoms with Crippen molar-refractivity contribution in [3.63, 3.8) is 0 Å². The van der Waals surface area contributed by atoms with Crippen LogP contribution >= 0.6 is 11.6 Å². The summed E-state index contributed by atoms with van der Waals surface area (Å²) in [6.45, 7) is 1.50. The third-order valence-corrected chi connectivity index (χ3v) is 8.03. The van der Waals surface area contributed by atoms with Crippen molar-refractivity contribution in [2.75, 3.05) is 32.0 Å². The van der Waals surface area contributed by atoms with E-state index in [0.29, 0.717) is 12.6 Å². The number of benzene rings is 2. The Labute approximate surface area is 231 Å². The lowest BCUT2D eigenvalue weighted by Gasteiger charge is -2.14. The number of likely N-dealkylation sites (tertiary alicyclic amines) is 1. The van der Waals surface area contributed by atoms with E-state index in [4.69, 9.17) is 16.3 Å². The van der Waals surface area contributed by atoms with Gasteiger partial charge in [-0.25, -0.2) is 26.6 Å². The summed E-state index contributed by atoms with van der Waals surface area (Å²) in [5.74, 6) is -4.14. The van der Waals surface area contributed by atoms with Crippen LogP contribution in [0.3, 0.4) is 0 Å². The standard InChI is InChI=1S/C25H22ClF3N6O4S/c1-35-6-5-14(11-35)31-24(36)23-16-4-3-15(21(29)22(16)32-33-23)17-8-13(27)9-18(20(17)28)34-40(37,38)19-7-12(26)10-30-25(19)39-2/h3-4,7-10,14,34H,5-6,11H2,1-2H3,(H,31,36)(H,32,33)/t14-/m0/s1. The van der Waals surface area contributed by atoms with Crippen molar-refractivity contribution in [1.29, 1.82) is 0 Å². The van der Waals surface area contributed by atoms with Crippen molar-refractivity contribution in [2.24, 2.45) is 0 Å². The van der Waals surface area contributed by atoms with Crippen LogP contribution < -0.4 is 14.8 Å². The minimum atomic E-state index is -4.57. The SMILES string of the molecule is COc1ncc(Cl)cc1S(=O)(=O)Nc1cc(F)cc(-c2ccc3c(C(=O)N[C@H]4CCN(C)C4)[nH]nc3c2F)c1F. The molecule has 1 aliphatic heterocycles. The highest BCUT2D eigenvalue weighted by Crippen LogP contribution is 2.35. The first-order valence-corrected chi connectivity index (χ1v) is 13.7. The van der Waals surface area contributed by atoms with E-state index in [9.17, 15) is 17.6 Å². The number of aromatic nitrogens is 3. The number of aromatic amines is 1. The van der Waals surface area contributed by atoms with Crippen LogP contribution in [0.25, 0.3) is 22.0 Å². The Morgan fingerprint density at radius 2 is 1.95 bits per heavy atom. The monoisotopic (exact) mass is 594 g/mol. The van der Waals surface area contributed by atoms with Crippen molar-refractivity contribution < 1.29 is 31.1 Å². The summed E-state index contributed by atoms with van der Waals surface area (Å²) >= 11 is 5.86. The van der Waals surface area contributed by atoms with Crippen LogP contribution in [0.2, 0.25) is 5.02 Å². The molecule has 1 amide bonds. The zero-order valence-electron chi connectivity index (χ0n) is 21.1. The summed E-state index contributed by atoms with van der Waals surface area (Å²) in [7, 11) is -1.46. The van der Waals surface area contributed by atoms with Crippen molar-refractivity contribution in [3.05, 3.63) is 64.7 Å². The molecule has 0 bridgehead atoms. The molecule has 0 aliphatic carbocycles. The summed E-state index contributed by atoms with van der Waals surface area (Å²) < 4.78 is 78.6. The molecule has 3 heterocycles. The maximum atomic E-state index is 15.6. The number of nitrogens with zero attached hydrogens (tertiary/aromatic N) is 3. The fraction of sp³-hybridized carbons (Fsp3) is 0.240. The third-order valence-electron chi connectivity index (χ3n) is 6.46. The van der Waals surface area contributed by atoms with Crippen LogP contribution in [0, 0.1) is 17.5 Å². The summed E-state index contributed by atoms with van der Waals surface area (Å²) in [6.07, 6.45) is 1.91. The topological polar surface area (TPSA) is 129 Å². The number of carbonyl (C=O) groups is 1.